The number of halogens is 3. The van der Waals surface area contributed by atoms with Gasteiger partial charge in [-0.25, -0.2) is 0 Å². The Morgan fingerprint density at radius 1 is 1.00 bits per heavy atom. The molecule has 26 heavy (non-hydrogen) atoms. The number of esters is 1. The van der Waals surface area contributed by atoms with Gasteiger partial charge in [0.2, 0.25) is 0 Å². The van der Waals surface area contributed by atoms with Crippen LogP contribution in [-0.2, 0) is 14.3 Å². The summed E-state index contributed by atoms with van der Waals surface area (Å²) >= 11 is 6.69. The maximum atomic E-state index is 12.8. The van der Waals surface area contributed by atoms with E-state index in [2.05, 4.69) is 73.1 Å². The Bertz CT molecular complexity index is 706. The summed E-state index contributed by atoms with van der Waals surface area (Å²) < 4.78 is 8.61. The molecular formula is C19H20I3NO3. The van der Waals surface area contributed by atoms with Crippen LogP contribution in [0.2, 0.25) is 0 Å². The van der Waals surface area contributed by atoms with Gasteiger partial charge in [-0.05, 0) is 136 Å². The summed E-state index contributed by atoms with van der Waals surface area (Å²) in [5, 5.41) is 2.90. The Morgan fingerprint density at radius 3 is 2.00 bits per heavy atom. The summed E-state index contributed by atoms with van der Waals surface area (Å²) in [4.78, 5) is 25.2. The van der Waals surface area contributed by atoms with Crippen molar-refractivity contribution in [3.8, 4) is 0 Å². The van der Waals surface area contributed by atoms with Crippen molar-refractivity contribution < 1.29 is 14.3 Å². The van der Waals surface area contributed by atoms with E-state index in [-0.39, 0.29) is 23.9 Å². The van der Waals surface area contributed by atoms with Crippen molar-refractivity contribution in [3.05, 3.63) is 22.8 Å². The number of carbonyl (C=O) groups is 2. The van der Waals surface area contributed by atoms with Crippen molar-refractivity contribution >= 4 is 85.3 Å². The molecule has 140 valence electrons. The number of hydrogen-bond donors (Lipinski definition) is 1. The van der Waals surface area contributed by atoms with Gasteiger partial charge in [0.05, 0.1) is 11.1 Å². The lowest BCUT2D eigenvalue weighted by Crippen LogP contribution is -2.50. The zero-order valence-corrected chi connectivity index (χ0v) is 20.7. The third-order valence-electron chi connectivity index (χ3n) is 6.08. The van der Waals surface area contributed by atoms with Crippen LogP contribution in [0.25, 0.3) is 0 Å². The summed E-state index contributed by atoms with van der Waals surface area (Å²) in [6.07, 6.45) is 6.76. The van der Waals surface area contributed by atoms with Gasteiger partial charge in [0.15, 0.2) is 6.61 Å². The zero-order chi connectivity index (χ0) is 18.5. The number of benzene rings is 1. The summed E-state index contributed by atoms with van der Waals surface area (Å²) in [6, 6.07) is 4.03. The first-order valence-corrected chi connectivity index (χ1v) is 12.2. The predicted octanol–water partition coefficient (Wildman–Crippen LogP) is 5.20. The molecule has 4 aliphatic carbocycles. The fraction of sp³-hybridized carbons (Fsp3) is 0.579. The number of amides is 1. The minimum absolute atomic E-state index is 0.140. The van der Waals surface area contributed by atoms with Gasteiger partial charge in [0.25, 0.3) is 5.91 Å². The molecule has 4 bridgehead atoms. The Labute approximate surface area is 194 Å². The maximum Gasteiger partial charge on any atom is 0.312 e. The van der Waals surface area contributed by atoms with E-state index in [1.54, 1.807) is 0 Å². The van der Waals surface area contributed by atoms with E-state index < -0.39 is 0 Å². The second-order valence-corrected chi connectivity index (χ2v) is 11.6. The van der Waals surface area contributed by atoms with E-state index in [1.807, 2.05) is 12.1 Å². The summed E-state index contributed by atoms with van der Waals surface area (Å²) in [6.45, 7) is -0.196. The first-order valence-electron chi connectivity index (χ1n) is 8.96. The van der Waals surface area contributed by atoms with Crippen molar-refractivity contribution in [1.29, 1.82) is 0 Å². The van der Waals surface area contributed by atoms with Crippen LogP contribution in [0.15, 0.2) is 12.1 Å². The molecule has 0 spiro atoms. The molecule has 1 amide bonds. The van der Waals surface area contributed by atoms with Gasteiger partial charge in [-0.1, -0.05) is 0 Å². The van der Waals surface area contributed by atoms with Crippen LogP contribution in [0, 0.1) is 33.9 Å². The van der Waals surface area contributed by atoms with E-state index in [9.17, 15) is 9.59 Å². The van der Waals surface area contributed by atoms with Gasteiger partial charge in [-0.3, -0.25) is 9.59 Å². The largest absolute Gasteiger partial charge is 0.455 e. The first-order chi connectivity index (χ1) is 12.3. The average Bonchev–Trinajstić information content (AvgIpc) is 2.54. The molecule has 0 aliphatic heterocycles. The molecule has 0 radical (unpaired) electrons. The molecule has 0 unspecified atom stereocenters. The fourth-order valence-electron chi connectivity index (χ4n) is 5.48. The molecule has 7 heteroatoms. The Morgan fingerprint density at radius 2 is 1.50 bits per heavy atom. The van der Waals surface area contributed by atoms with Crippen LogP contribution in [0.1, 0.15) is 38.5 Å². The van der Waals surface area contributed by atoms with Gasteiger partial charge in [0.1, 0.15) is 0 Å². The lowest BCUT2D eigenvalue weighted by Gasteiger charge is -2.55. The van der Waals surface area contributed by atoms with E-state index >= 15 is 0 Å². The molecule has 1 aromatic carbocycles. The summed E-state index contributed by atoms with van der Waals surface area (Å²) in [5.74, 6) is 1.67. The second kappa shape index (κ2) is 7.64. The first kappa shape index (κ1) is 19.7. The molecule has 4 fully saturated rings. The Balaban J connectivity index is 1.37. The smallest absolute Gasteiger partial charge is 0.312 e. The highest BCUT2D eigenvalue weighted by Crippen LogP contribution is 2.60. The zero-order valence-electron chi connectivity index (χ0n) is 14.2. The molecule has 0 aromatic heterocycles. The van der Waals surface area contributed by atoms with Crippen molar-refractivity contribution in [3.63, 3.8) is 0 Å². The van der Waals surface area contributed by atoms with E-state index in [0.717, 1.165) is 35.7 Å². The molecule has 1 aromatic rings. The van der Waals surface area contributed by atoms with Crippen LogP contribution in [-0.4, -0.2) is 18.5 Å². The number of rotatable bonds is 4. The molecule has 4 saturated carbocycles. The Kier molecular flexibility index (Phi) is 5.78. The normalized spacial score (nSPS) is 31.7. The van der Waals surface area contributed by atoms with E-state index in [1.165, 1.54) is 19.3 Å². The highest BCUT2D eigenvalue weighted by Gasteiger charge is 2.55. The molecule has 0 saturated heterocycles. The van der Waals surface area contributed by atoms with Crippen LogP contribution in [0.5, 0.6) is 0 Å². The second-order valence-electron chi connectivity index (χ2n) is 8.07. The number of anilines is 1. The third kappa shape index (κ3) is 3.90. The summed E-state index contributed by atoms with van der Waals surface area (Å²) in [7, 11) is 0. The molecule has 0 atom stereocenters. The van der Waals surface area contributed by atoms with Crippen LogP contribution >= 0.6 is 67.8 Å². The minimum atomic E-state index is -0.305. The van der Waals surface area contributed by atoms with Crippen molar-refractivity contribution in [2.24, 2.45) is 23.2 Å². The lowest BCUT2D eigenvalue weighted by molar-refractivity contribution is -0.172. The van der Waals surface area contributed by atoms with E-state index in [4.69, 9.17) is 4.74 Å². The van der Waals surface area contributed by atoms with Crippen molar-refractivity contribution in [2.75, 3.05) is 11.9 Å². The minimum Gasteiger partial charge on any atom is -0.455 e. The quantitative estimate of drug-likeness (QED) is 0.350. The highest BCUT2D eigenvalue weighted by atomic mass is 127. The molecule has 5 rings (SSSR count). The fourth-order valence-corrected chi connectivity index (χ4v) is 9.33. The van der Waals surface area contributed by atoms with Gasteiger partial charge in [0, 0.05) is 10.7 Å². The summed E-state index contributed by atoms with van der Waals surface area (Å²) in [5.41, 5.74) is 0.489. The average molecular weight is 691 g/mol. The van der Waals surface area contributed by atoms with Crippen LogP contribution in [0.4, 0.5) is 5.69 Å². The molecule has 1 N–H and O–H groups in total. The van der Waals surface area contributed by atoms with Crippen molar-refractivity contribution in [2.45, 2.75) is 38.5 Å². The molecular weight excluding hydrogens is 671 g/mol. The number of hydrogen-bond acceptors (Lipinski definition) is 3. The lowest BCUT2D eigenvalue weighted by atomic mass is 9.49. The van der Waals surface area contributed by atoms with Crippen molar-refractivity contribution in [1.82, 2.24) is 0 Å². The predicted molar refractivity (Wildman–Crippen MR) is 125 cm³/mol. The monoisotopic (exact) mass is 691 g/mol. The van der Waals surface area contributed by atoms with Gasteiger partial charge in [-0.15, -0.1) is 0 Å². The maximum absolute atomic E-state index is 12.8. The topological polar surface area (TPSA) is 55.4 Å². The van der Waals surface area contributed by atoms with Gasteiger partial charge < -0.3 is 10.1 Å². The van der Waals surface area contributed by atoms with Gasteiger partial charge >= 0.3 is 5.97 Å². The molecule has 4 aliphatic rings. The number of nitrogens with one attached hydrogen (secondary N) is 1. The Hall–Kier alpha value is 0.350. The standard InChI is InChI=1S/C19H20I3NO3/c20-13-4-14(21)17(15(22)5-13)23-16(24)9-26-18(25)19-6-10-1-11(7-19)3-12(2-10)8-19/h4-5,10-12H,1-3,6-9H2,(H,23,24). The highest BCUT2D eigenvalue weighted by molar-refractivity contribution is 14.1. The van der Waals surface area contributed by atoms with E-state index in [0.29, 0.717) is 17.8 Å². The SMILES string of the molecule is O=C(COC(=O)C12CC3CC(CC(C3)C1)C2)Nc1c(I)cc(I)cc1I. The molecule has 0 heterocycles. The van der Waals surface area contributed by atoms with Gasteiger partial charge in [-0.2, -0.15) is 0 Å². The number of carbonyl (C=O) groups excluding carboxylic acids is 2. The van der Waals surface area contributed by atoms with Crippen LogP contribution in [0.3, 0.4) is 0 Å². The third-order valence-corrected chi connectivity index (χ3v) is 8.40. The molecule has 4 nitrogen and oxygen atoms in total. The van der Waals surface area contributed by atoms with Crippen LogP contribution < -0.4 is 5.32 Å². The number of ether oxygens (including phenoxy) is 1.